The van der Waals surface area contributed by atoms with E-state index >= 15 is 0 Å². The molecule has 0 spiro atoms. The average molecular weight is 409 g/mol. The summed E-state index contributed by atoms with van der Waals surface area (Å²) in [7, 11) is 0. The molecule has 1 saturated heterocycles. The Morgan fingerprint density at radius 1 is 1.14 bits per heavy atom. The standard InChI is InChI=1S/C21H24N6OS/c1-14-15(2)27(21-25-16-5-3-4-6-17(16)29-21)20-18(14)19(23-13-24-20)22-7-8-26-9-11-28-12-10-26/h3-6,13H,7-12H2,1-2H3,(H,22,23,24). The lowest BCUT2D eigenvalue weighted by Gasteiger charge is -2.26. The van der Waals surface area contributed by atoms with Crippen molar-refractivity contribution in [3.05, 3.63) is 41.9 Å². The smallest absolute Gasteiger partial charge is 0.196 e. The number of rotatable bonds is 5. The highest BCUT2D eigenvalue weighted by atomic mass is 32.1. The van der Waals surface area contributed by atoms with E-state index in [1.54, 1.807) is 17.7 Å². The Labute approximate surface area is 173 Å². The van der Waals surface area contributed by atoms with Gasteiger partial charge in [-0.1, -0.05) is 23.5 Å². The molecule has 150 valence electrons. The van der Waals surface area contributed by atoms with Crippen LogP contribution in [0.25, 0.3) is 26.4 Å². The number of hydrogen-bond donors (Lipinski definition) is 1. The maximum Gasteiger partial charge on any atom is 0.196 e. The second-order valence-electron chi connectivity index (χ2n) is 7.31. The molecule has 0 aliphatic carbocycles. The third kappa shape index (κ3) is 3.37. The first-order valence-corrected chi connectivity index (χ1v) is 10.8. The maximum atomic E-state index is 5.43. The van der Waals surface area contributed by atoms with Crippen LogP contribution in [-0.4, -0.2) is 63.8 Å². The van der Waals surface area contributed by atoms with E-state index < -0.39 is 0 Å². The van der Waals surface area contributed by atoms with Gasteiger partial charge in [0.15, 0.2) is 10.8 Å². The number of ether oxygens (including phenoxy) is 1. The number of nitrogens with zero attached hydrogens (tertiary/aromatic N) is 5. The van der Waals surface area contributed by atoms with Gasteiger partial charge in [-0.05, 0) is 31.5 Å². The summed E-state index contributed by atoms with van der Waals surface area (Å²) in [6.45, 7) is 9.71. The van der Waals surface area contributed by atoms with Gasteiger partial charge in [0.1, 0.15) is 12.1 Å². The van der Waals surface area contributed by atoms with Crippen LogP contribution in [0.2, 0.25) is 0 Å². The summed E-state index contributed by atoms with van der Waals surface area (Å²) < 4.78 is 8.76. The van der Waals surface area contributed by atoms with Crippen molar-refractivity contribution in [3.8, 4) is 5.13 Å². The largest absolute Gasteiger partial charge is 0.379 e. The Balaban J connectivity index is 1.48. The quantitative estimate of drug-likeness (QED) is 0.546. The Kier molecular flexibility index (Phi) is 4.91. The van der Waals surface area contributed by atoms with E-state index in [1.165, 1.54) is 10.3 Å². The highest BCUT2D eigenvalue weighted by Crippen LogP contribution is 2.34. The van der Waals surface area contributed by atoms with E-state index in [4.69, 9.17) is 9.72 Å². The van der Waals surface area contributed by atoms with Crippen molar-refractivity contribution >= 4 is 38.4 Å². The van der Waals surface area contributed by atoms with Crippen molar-refractivity contribution in [2.75, 3.05) is 44.7 Å². The first kappa shape index (κ1) is 18.5. The lowest BCUT2D eigenvalue weighted by molar-refractivity contribution is 0.0398. The van der Waals surface area contributed by atoms with E-state index in [0.717, 1.165) is 72.6 Å². The van der Waals surface area contributed by atoms with Crippen molar-refractivity contribution in [3.63, 3.8) is 0 Å². The van der Waals surface area contributed by atoms with Crippen molar-refractivity contribution in [1.29, 1.82) is 0 Å². The molecule has 4 aromatic rings. The molecule has 1 aliphatic heterocycles. The number of morpholine rings is 1. The summed E-state index contributed by atoms with van der Waals surface area (Å²) in [6, 6.07) is 8.24. The van der Waals surface area contributed by atoms with Gasteiger partial charge in [0, 0.05) is 31.9 Å². The molecule has 1 fully saturated rings. The van der Waals surface area contributed by atoms with Gasteiger partial charge in [-0.2, -0.15) is 0 Å². The van der Waals surface area contributed by atoms with Crippen LogP contribution in [0.5, 0.6) is 0 Å². The van der Waals surface area contributed by atoms with Crippen molar-refractivity contribution in [2.45, 2.75) is 13.8 Å². The van der Waals surface area contributed by atoms with Crippen molar-refractivity contribution in [2.24, 2.45) is 0 Å². The normalized spacial score (nSPS) is 15.4. The number of aryl methyl sites for hydroxylation is 1. The second kappa shape index (κ2) is 7.70. The lowest BCUT2D eigenvalue weighted by atomic mass is 10.2. The SMILES string of the molecule is Cc1c(C)n(-c2nc3ccccc3s2)c2ncnc(NCCN3CCOCC3)c12. The van der Waals surface area contributed by atoms with E-state index in [2.05, 4.69) is 56.8 Å². The van der Waals surface area contributed by atoms with E-state index in [-0.39, 0.29) is 0 Å². The summed E-state index contributed by atoms with van der Waals surface area (Å²) in [5, 5.41) is 5.55. The number of fused-ring (bicyclic) bond motifs is 2. The van der Waals surface area contributed by atoms with Crippen LogP contribution in [0.3, 0.4) is 0 Å². The van der Waals surface area contributed by atoms with Gasteiger partial charge in [0.2, 0.25) is 0 Å². The van der Waals surface area contributed by atoms with Crippen LogP contribution in [0, 0.1) is 13.8 Å². The molecule has 1 aliphatic rings. The van der Waals surface area contributed by atoms with Crippen LogP contribution in [-0.2, 0) is 4.74 Å². The highest BCUT2D eigenvalue weighted by molar-refractivity contribution is 7.20. The third-order valence-corrected chi connectivity index (χ3v) is 6.61. The minimum atomic E-state index is 0.821. The molecule has 0 radical (unpaired) electrons. The fraction of sp³-hybridized carbons (Fsp3) is 0.381. The monoisotopic (exact) mass is 408 g/mol. The molecule has 4 heterocycles. The fourth-order valence-electron chi connectivity index (χ4n) is 3.88. The zero-order valence-electron chi connectivity index (χ0n) is 16.7. The molecule has 0 bridgehead atoms. The molecule has 0 amide bonds. The van der Waals surface area contributed by atoms with Crippen LogP contribution >= 0.6 is 11.3 Å². The van der Waals surface area contributed by atoms with E-state index in [1.807, 2.05) is 6.07 Å². The Hall–Kier alpha value is -2.55. The molecule has 0 atom stereocenters. The maximum absolute atomic E-state index is 5.43. The average Bonchev–Trinajstić information content (AvgIpc) is 3.28. The molecule has 0 unspecified atom stereocenters. The second-order valence-corrected chi connectivity index (χ2v) is 8.32. The predicted octanol–water partition coefficient (Wildman–Crippen LogP) is 3.39. The minimum Gasteiger partial charge on any atom is -0.379 e. The Bertz CT molecular complexity index is 1130. The molecule has 8 heteroatoms. The zero-order valence-corrected chi connectivity index (χ0v) is 17.5. The van der Waals surface area contributed by atoms with Gasteiger partial charge in [0.05, 0.1) is 28.8 Å². The summed E-state index contributed by atoms with van der Waals surface area (Å²) in [6.07, 6.45) is 1.64. The number of aromatic nitrogens is 4. The van der Waals surface area contributed by atoms with Crippen LogP contribution in [0.1, 0.15) is 11.3 Å². The molecule has 0 saturated carbocycles. The van der Waals surface area contributed by atoms with Crippen LogP contribution in [0.4, 0.5) is 5.82 Å². The number of para-hydroxylation sites is 1. The number of thiazole rings is 1. The highest BCUT2D eigenvalue weighted by Gasteiger charge is 2.20. The summed E-state index contributed by atoms with van der Waals surface area (Å²) in [5.41, 5.74) is 4.26. The molecule has 7 nitrogen and oxygen atoms in total. The minimum absolute atomic E-state index is 0.821. The topological polar surface area (TPSA) is 68.1 Å². The number of hydrogen-bond acceptors (Lipinski definition) is 7. The van der Waals surface area contributed by atoms with Gasteiger partial charge in [0.25, 0.3) is 0 Å². The molecule has 3 aromatic heterocycles. The molecular weight excluding hydrogens is 384 g/mol. The van der Waals surface area contributed by atoms with Crippen molar-refractivity contribution in [1.82, 2.24) is 24.4 Å². The van der Waals surface area contributed by atoms with Gasteiger partial charge < -0.3 is 10.1 Å². The van der Waals surface area contributed by atoms with Gasteiger partial charge >= 0.3 is 0 Å². The predicted molar refractivity (Wildman–Crippen MR) is 117 cm³/mol. The number of benzene rings is 1. The van der Waals surface area contributed by atoms with Crippen LogP contribution in [0.15, 0.2) is 30.6 Å². The molecule has 5 rings (SSSR count). The summed E-state index contributed by atoms with van der Waals surface area (Å²) in [4.78, 5) is 16.4. The third-order valence-electron chi connectivity index (χ3n) is 5.59. The number of anilines is 1. The van der Waals surface area contributed by atoms with Gasteiger partial charge in [-0.15, -0.1) is 0 Å². The lowest BCUT2D eigenvalue weighted by Crippen LogP contribution is -2.39. The summed E-state index contributed by atoms with van der Waals surface area (Å²) >= 11 is 1.69. The first-order chi connectivity index (χ1) is 14.2. The number of nitrogens with one attached hydrogen (secondary N) is 1. The zero-order chi connectivity index (χ0) is 19.8. The van der Waals surface area contributed by atoms with Gasteiger partial charge in [-0.3, -0.25) is 9.47 Å². The summed E-state index contributed by atoms with van der Waals surface area (Å²) in [5.74, 6) is 0.892. The molecule has 1 aromatic carbocycles. The molecule has 1 N–H and O–H groups in total. The van der Waals surface area contributed by atoms with Gasteiger partial charge in [-0.25, -0.2) is 15.0 Å². The van der Waals surface area contributed by atoms with Crippen LogP contribution < -0.4 is 5.32 Å². The van der Waals surface area contributed by atoms with E-state index in [0.29, 0.717) is 0 Å². The Morgan fingerprint density at radius 3 is 2.79 bits per heavy atom. The fourth-order valence-corrected chi connectivity index (χ4v) is 4.90. The van der Waals surface area contributed by atoms with Crippen molar-refractivity contribution < 1.29 is 4.74 Å². The molecule has 29 heavy (non-hydrogen) atoms. The van der Waals surface area contributed by atoms with E-state index in [9.17, 15) is 0 Å². The Morgan fingerprint density at radius 2 is 1.97 bits per heavy atom. The molecular formula is C21H24N6OS. The first-order valence-electron chi connectivity index (χ1n) is 9.95.